The topological polar surface area (TPSA) is 96.3 Å². The third kappa shape index (κ3) is 4.82. The van der Waals surface area contributed by atoms with Crippen LogP contribution in [0.2, 0.25) is 15.1 Å². The van der Waals surface area contributed by atoms with E-state index in [0.717, 1.165) is 5.56 Å². The van der Waals surface area contributed by atoms with E-state index in [1.807, 2.05) is 6.92 Å². The summed E-state index contributed by atoms with van der Waals surface area (Å²) in [4.78, 5) is 28.0. The van der Waals surface area contributed by atoms with Crippen molar-refractivity contribution in [3.63, 3.8) is 0 Å². The fraction of sp³-hybridized carbons (Fsp3) is 0.185. The molecular weight excluding hydrogens is 541 g/mol. The van der Waals surface area contributed by atoms with Crippen LogP contribution in [0.3, 0.4) is 0 Å². The van der Waals surface area contributed by atoms with Crippen molar-refractivity contribution in [1.82, 2.24) is 0 Å². The van der Waals surface area contributed by atoms with E-state index in [0.29, 0.717) is 16.3 Å². The number of halogens is 3. The molecule has 2 N–H and O–H groups in total. The van der Waals surface area contributed by atoms with Gasteiger partial charge in [0.25, 0.3) is 11.7 Å². The van der Waals surface area contributed by atoms with E-state index >= 15 is 0 Å². The number of amides is 1. The summed E-state index contributed by atoms with van der Waals surface area (Å²) < 4.78 is 10.7. The molecule has 3 aromatic rings. The summed E-state index contributed by atoms with van der Waals surface area (Å²) in [6, 6.07) is 11.1. The molecule has 0 spiro atoms. The van der Waals surface area contributed by atoms with Gasteiger partial charge in [-0.3, -0.25) is 14.5 Å². The third-order valence-corrected chi connectivity index (χ3v) is 6.92. The molecule has 0 aliphatic carbocycles. The molecule has 10 heteroatoms. The van der Waals surface area contributed by atoms with Gasteiger partial charge in [-0.1, -0.05) is 46.9 Å². The molecule has 37 heavy (non-hydrogen) atoms. The lowest BCUT2D eigenvalue weighted by molar-refractivity contribution is -0.132. The molecule has 1 saturated heterocycles. The van der Waals surface area contributed by atoms with Crippen molar-refractivity contribution in [2.24, 2.45) is 0 Å². The van der Waals surface area contributed by atoms with Crippen LogP contribution < -0.4 is 14.4 Å². The molecule has 1 aliphatic rings. The number of carbonyl (C=O) groups excluding carboxylic acids is 2. The summed E-state index contributed by atoms with van der Waals surface area (Å²) in [5.41, 5.74) is 1.45. The van der Waals surface area contributed by atoms with Gasteiger partial charge in [0.05, 0.1) is 35.4 Å². The number of aryl methyl sites for hydroxylation is 1. The van der Waals surface area contributed by atoms with E-state index < -0.39 is 23.5 Å². The van der Waals surface area contributed by atoms with Gasteiger partial charge in [0.1, 0.15) is 5.76 Å². The molecule has 0 aromatic heterocycles. The molecular formula is C27H22Cl3NO6. The molecule has 192 valence electrons. The first-order valence-electron chi connectivity index (χ1n) is 11.1. The van der Waals surface area contributed by atoms with E-state index in [1.165, 1.54) is 36.3 Å². The van der Waals surface area contributed by atoms with Crippen LogP contribution in [0.15, 0.2) is 54.1 Å². The Morgan fingerprint density at radius 2 is 1.68 bits per heavy atom. The third-order valence-electron chi connectivity index (χ3n) is 5.95. The molecule has 1 heterocycles. The number of anilines is 1. The number of ketones is 1. The standard InChI is InChI=1S/C27H22Cl3NO6/c1-4-37-21-11-14(6-8-20(21)32)23-22(24(33)15-9-18(29)26(36-3)19(30)10-15)25(34)27(35)31(23)16-7-5-13(2)17(28)12-16/h5-12,23,32-33H,4H2,1-3H3/b24-22+. The number of benzene rings is 3. The van der Waals surface area contributed by atoms with Gasteiger partial charge < -0.3 is 19.7 Å². The number of aromatic hydroxyl groups is 1. The normalized spacial score (nSPS) is 16.8. The highest BCUT2D eigenvalue weighted by atomic mass is 35.5. The van der Waals surface area contributed by atoms with E-state index in [2.05, 4.69) is 0 Å². The maximum Gasteiger partial charge on any atom is 0.300 e. The van der Waals surface area contributed by atoms with Crippen molar-refractivity contribution >= 4 is 57.9 Å². The fourth-order valence-corrected chi connectivity index (χ4v) is 4.98. The van der Waals surface area contributed by atoms with Gasteiger partial charge in [0.15, 0.2) is 17.2 Å². The zero-order chi connectivity index (χ0) is 27.0. The van der Waals surface area contributed by atoms with Crippen LogP contribution in [0.4, 0.5) is 5.69 Å². The Labute approximate surface area is 228 Å². The Morgan fingerprint density at radius 1 is 1.00 bits per heavy atom. The number of carbonyl (C=O) groups is 2. The molecule has 0 saturated carbocycles. The van der Waals surface area contributed by atoms with Crippen LogP contribution in [0.1, 0.15) is 29.7 Å². The molecule has 0 bridgehead atoms. The molecule has 4 rings (SSSR count). The summed E-state index contributed by atoms with van der Waals surface area (Å²) in [5, 5.41) is 22.2. The first-order chi connectivity index (χ1) is 17.6. The maximum atomic E-state index is 13.4. The zero-order valence-electron chi connectivity index (χ0n) is 20.0. The number of phenolic OH excluding ortho intramolecular Hbond substituents is 1. The van der Waals surface area contributed by atoms with Crippen molar-refractivity contribution in [3.8, 4) is 17.2 Å². The predicted molar refractivity (Wildman–Crippen MR) is 143 cm³/mol. The van der Waals surface area contributed by atoms with Gasteiger partial charge in [-0.15, -0.1) is 0 Å². The van der Waals surface area contributed by atoms with Crippen LogP contribution in [0, 0.1) is 6.92 Å². The minimum atomic E-state index is -1.08. The monoisotopic (exact) mass is 561 g/mol. The molecule has 7 nitrogen and oxygen atoms in total. The number of hydrogen-bond acceptors (Lipinski definition) is 6. The van der Waals surface area contributed by atoms with Crippen molar-refractivity contribution in [2.45, 2.75) is 19.9 Å². The van der Waals surface area contributed by atoms with Crippen molar-refractivity contribution in [1.29, 1.82) is 0 Å². The quantitative estimate of drug-likeness (QED) is 0.197. The number of Topliss-reactive ketones (excluding diaryl/α,β-unsaturated/α-hetero) is 1. The van der Waals surface area contributed by atoms with Gasteiger partial charge >= 0.3 is 0 Å². The Balaban J connectivity index is 1.99. The zero-order valence-corrected chi connectivity index (χ0v) is 22.3. The maximum absolute atomic E-state index is 13.4. The highest BCUT2D eigenvalue weighted by Crippen LogP contribution is 2.45. The summed E-state index contributed by atoms with van der Waals surface area (Å²) in [6.07, 6.45) is 0. The summed E-state index contributed by atoms with van der Waals surface area (Å²) in [6.45, 7) is 3.83. The number of methoxy groups -OCH3 is 1. The fourth-order valence-electron chi connectivity index (χ4n) is 4.16. The van der Waals surface area contributed by atoms with E-state index in [9.17, 15) is 19.8 Å². The number of ether oxygens (including phenoxy) is 2. The summed E-state index contributed by atoms with van der Waals surface area (Å²) >= 11 is 18.9. The largest absolute Gasteiger partial charge is 0.507 e. The first kappa shape index (κ1) is 26.7. The van der Waals surface area contributed by atoms with Crippen molar-refractivity contribution in [3.05, 3.63) is 85.9 Å². The van der Waals surface area contributed by atoms with Crippen LogP contribution in [-0.2, 0) is 9.59 Å². The average Bonchev–Trinajstić information content (AvgIpc) is 3.12. The smallest absolute Gasteiger partial charge is 0.300 e. The van der Waals surface area contributed by atoms with Crippen LogP contribution in [0.25, 0.3) is 5.76 Å². The lowest BCUT2D eigenvalue weighted by Gasteiger charge is -2.26. The minimum absolute atomic E-state index is 0.107. The average molecular weight is 563 g/mol. The van der Waals surface area contributed by atoms with Crippen molar-refractivity contribution < 1.29 is 29.3 Å². The van der Waals surface area contributed by atoms with Crippen LogP contribution in [0.5, 0.6) is 17.2 Å². The molecule has 1 aliphatic heterocycles. The number of aliphatic hydroxyl groups excluding tert-OH is 1. The minimum Gasteiger partial charge on any atom is -0.507 e. The molecule has 1 amide bonds. The van der Waals surface area contributed by atoms with Gasteiger partial charge in [-0.25, -0.2) is 0 Å². The second-order valence-corrected chi connectivity index (χ2v) is 9.46. The van der Waals surface area contributed by atoms with E-state index in [1.54, 1.807) is 31.2 Å². The number of aliphatic hydroxyl groups is 1. The first-order valence-corrected chi connectivity index (χ1v) is 12.3. The second kappa shape index (κ2) is 10.5. The molecule has 1 fully saturated rings. The highest BCUT2D eigenvalue weighted by molar-refractivity contribution is 6.52. The SMILES string of the molecule is CCOc1cc(C2/C(=C(\O)c3cc(Cl)c(OC)c(Cl)c3)C(=O)C(=O)N2c2ccc(C)c(Cl)c2)ccc1O. The van der Waals surface area contributed by atoms with Gasteiger partial charge in [0, 0.05) is 16.3 Å². The Bertz CT molecular complexity index is 1430. The van der Waals surface area contributed by atoms with E-state index in [-0.39, 0.29) is 45.0 Å². The van der Waals surface area contributed by atoms with Gasteiger partial charge in [-0.2, -0.15) is 0 Å². The number of phenols is 1. The summed E-state index contributed by atoms with van der Waals surface area (Å²) in [7, 11) is 1.39. The molecule has 1 atom stereocenters. The van der Waals surface area contributed by atoms with Crippen molar-refractivity contribution in [2.75, 3.05) is 18.6 Å². The Morgan fingerprint density at radius 3 is 2.27 bits per heavy atom. The summed E-state index contributed by atoms with van der Waals surface area (Å²) in [5.74, 6) is -2.04. The number of rotatable bonds is 6. The highest BCUT2D eigenvalue weighted by Gasteiger charge is 2.47. The van der Waals surface area contributed by atoms with E-state index in [4.69, 9.17) is 44.3 Å². The van der Waals surface area contributed by atoms with Crippen LogP contribution >= 0.6 is 34.8 Å². The number of hydrogen-bond donors (Lipinski definition) is 2. The molecule has 3 aromatic carbocycles. The lowest BCUT2D eigenvalue weighted by Crippen LogP contribution is -2.29. The Hall–Kier alpha value is -3.39. The lowest BCUT2D eigenvalue weighted by atomic mass is 9.94. The second-order valence-electron chi connectivity index (χ2n) is 8.24. The number of nitrogens with zero attached hydrogens (tertiary/aromatic N) is 1. The van der Waals surface area contributed by atoms with Gasteiger partial charge in [-0.05, 0) is 61.4 Å². The van der Waals surface area contributed by atoms with Crippen LogP contribution in [-0.4, -0.2) is 35.6 Å². The Kier molecular flexibility index (Phi) is 7.59. The molecule has 1 unspecified atom stereocenters. The molecule has 0 radical (unpaired) electrons. The predicted octanol–water partition coefficient (Wildman–Crippen LogP) is 6.69. The van der Waals surface area contributed by atoms with Gasteiger partial charge in [0.2, 0.25) is 0 Å².